The smallest absolute Gasteiger partial charge is 0.292 e. The number of hydrogen-bond acceptors (Lipinski definition) is 3. The van der Waals surface area contributed by atoms with Crippen LogP contribution in [0.25, 0.3) is 0 Å². The van der Waals surface area contributed by atoms with Gasteiger partial charge in [0.05, 0.1) is 28.9 Å². The van der Waals surface area contributed by atoms with E-state index in [2.05, 4.69) is 0 Å². The Morgan fingerprint density at radius 2 is 1.89 bits per heavy atom. The first-order valence-corrected chi connectivity index (χ1v) is 6.84. The van der Waals surface area contributed by atoms with Crippen molar-refractivity contribution in [1.29, 1.82) is 0 Å². The van der Waals surface area contributed by atoms with Crippen molar-refractivity contribution in [1.82, 2.24) is 0 Å². The van der Waals surface area contributed by atoms with E-state index in [-0.39, 0.29) is 11.9 Å². The second-order valence-corrected chi connectivity index (χ2v) is 5.63. The van der Waals surface area contributed by atoms with E-state index in [1.807, 2.05) is 13.8 Å². The van der Waals surface area contributed by atoms with Crippen LogP contribution in [0.5, 0.6) is 0 Å². The number of carbonyl (C=O) groups is 1. The van der Waals surface area contributed by atoms with Gasteiger partial charge in [0.1, 0.15) is 0 Å². The predicted molar refractivity (Wildman–Crippen MR) is 72.7 cm³/mol. The van der Waals surface area contributed by atoms with Crippen molar-refractivity contribution in [2.75, 3.05) is 18.1 Å². The highest BCUT2D eigenvalue weighted by Crippen LogP contribution is 2.51. The molecule has 1 saturated heterocycles. The zero-order chi connectivity index (χ0) is 13.8. The Morgan fingerprint density at radius 1 is 1.26 bits per heavy atom. The summed E-state index contributed by atoms with van der Waals surface area (Å²) < 4.78 is 11.2. The Morgan fingerprint density at radius 3 is 2.47 bits per heavy atom. The van der Waals surface area contributed by atoms with Crippen LogP contribution in [-0.4, -0.2) is 25.2 Å². The lowest BCUT2D eigenvalue weighted by atomic mass is 10.1. The normalized spacial score (nSPS) is 20.7. The lowest BCUT2D eigenvalue weighted by Gasteiger charge is -2.24. The molecule has 1 aromatic carbocycles. The lowest BCUT2D eigenvalue weighted by Crippen LogP contribution is -2.44. The molecule has 2 heterocycles. The molecule has 1 spiro atoms. The van der Waals surface area contributed by atoms with Crippen LogP contribution in [0.2, 0.25) is 10.0 Å². The molecule has 0 saturated carbocycles. The van der Waals surface area contributed by atoms with Gasteiger partial charge < -0.3 is 14.4 Å². The molecule has 2 aliphatic heterocycles. The highest BCUT2D eigenvalue weighted by atomic mass is 35.5. The molecule has 1 fully saturated rings. The third-order valence-corrected chi connectivity index (χ3v) is 4.17. The molecule has 4 nitrogen and oxygen atoms in total. The van der Waals surface area contributed by atoms with Crippen molar-refractivity contribution >= 4 is 34.8 Å². The number of hydrogen-bond donors (Lipinski definition) is 0. The predicted octanol–water partition coefficient (Wildman–Crippen LogP) is 2.95. The van der Waals surface area contributed by atoms with E-state index >= 15 is 0 Å². The van der Waals surface area contributed by atoms with Gasteiger partial charge in [0.2, 0.25) is 0 Å². The Bertz CT molecular complexity index is 553. The number of carbonyl (C=O) groups excluding carboxylic acids is 1. The monoisotopic (exact) mass is 301 g/mol. The molecule has 0 bridgehead atoms. The van der Waals surface area contributed by atoms with E-state index in [1.54, 1.807) is 17.0 Å². The lowest BCUT2D eigenvalue weighted by molar-refractivity contribution is -0.181. The van der Waals surface area contributed by atoms with Crippen LogP contribution in [0.4, 0.5) is 5.69 Å². The molecular formula is C13H13Cl2NO3. The number of anilines is 1. The first-order chi connectivity index (χ1) is 8.99. The zero-order valence-corrected chi connectivity index (χ0v) is 12.1. The molecule has 0 unspecified atom stereocenters. The van der Waals surface area contributed by atoms with Crippen LogP contribution < -0.4 is 4.90 Å². The number of amides is 1. The first kappa shape index (κ1) is 13.2. The number of fused-ring (bicyclic) bond motifs is 2. The van der Waals surface area contributed by atoms with Crippen LogP contribution in [0.15, 0.2) is 12.1 Å². The van der Waals surface area contributed by atoms with Crippen LogP contribution >= 0.6 is 23.2 Å². The summed E-state index contributed by atoms with van der Waals surface area (Å²) in [6, 6.07) is 3.34. The summed E-state index contributed by atoms with van der Waals surface area (Å²) in [5.41, 5.74) is 1.23. The standard InChI is InChI=1S/C13H13Cl2NO3/c1-7(2)16-11-8(3-4-9(14)10(11)15)13(12(16)17)18-5-6-19-13/h3-4,7H,5-6H2,1-2H3. The van der Waals surface area contributed by atoms with E-state index in [1.165, 1.54) is 0 Å². The minimum Gasteiger partial charge on any atom is -0.336 e. The van der Waals surface area contributed by atoms with Crippen LogP contribution in [0, 0.1) is 0 Å². The van der Waals surface area contributed by atoms with Crippen LogP contribution in [0.1, 0.15) is 19.4 Å². The van der Waals surface area contributed by atoms with Gasteiger partial charge in [-0.15, -0.1) is 0 Å². The molecule has 2 aliphatic rings. The van der Waals surface area contributed by atoms with E-state index in [0.29, 0.717) is 34.5 Å². The molecular weight excluding hydrogens is 289 g/mol. The Kier molecular flexibility index (Phi) is 3.02. The van der Waals surface area contributed by atoms with Gasteiger partial charge >= 0.3 is 0 Å². The van der Waals surface area contributed by atoms with Gasteiger partial charge in [-0.25, -0.2) is 0 Å². The van der Waals surface area contributed by atoms with Crippen molar-refractivity contribution in [2.45, 2.75) is 25.7 Å². The molecule has 0 atom stereocenters. The quantitative estimate of drug-likeness (QED) is 0.800. The molecule has 6 heteroatoms. The van der Waals surface area contributed by atoms with Crippen molar-refractivity contribution in [3.8, 4) is 0 Å². The number of benzene rings is 1. The summed E-state index contributed by atoms with van der Waals surface area (Å²) in [5.74, 6) is -1.58. The van der Waals surface area contributed by atoms with E-state index < -0.39 is 5.79 Å². The van der Waals surface area contributed by atoms with Gasteiger partial charge in [-0.1, -0.05) is 23.2 Å². The minimum absolute atomic E-state index is 0.0607. The number of ether oxygens (including phenoxy) is 2. The molecule has 19 heavy (non-hydrogen) atoms. The van der Waals surface area contributed by atoms with Gasteiger partial charge in [-0.3, -0.25) is 4.79 Å². The average molecular weight is 302 g/mol. The molecule has 0 N–H and O–H groups in total. The summed E-state index contributed by atoms with van der Waals surface area (Å²) in [5, 5.41) is 0.770. The van der Waals surface area contributed by atoms with E-state index in [9.17, 15) is 4.79 Å². The Hall–Kier alpha value is -0.810. The maximum absolute atomic E-state index is 12.7. The fraction of sp³-hybridized carbons (Fsp3) is 0.462. The van der Waals surface area contributed by atoms with Gasteiger partial charge in [-0.05, 0) is 26.0 Å². The molecule has 1 amide bonds. The minimum atomic E-state index is -1.34. The fourth-order valence-corrected chi connectivity index (χ4v) is 3.01. The largest absolute Gasteiger partial charge is 0.336 e. The third-order valence-electron chi connectivity index (χ3n) is 3.38. The highest BCUT2D eigenvalue weighted by Gasteiger charge is 2.57. The molecule has 3 rings (SSSR count). The summed E-state index contributed by atoms with van der Waals surface area (Å²) in [7, 11) is 0. The molecule has 0 radical (unpaired) electrons. The Labute approximate surface area is 121 Å². The first-order valence-electron chi connectivity index (χ1n) is 6.09. The van der Waals surface area contributed by atoms with Gasteiger partial charge in [0, 0.05) is 11.6 Å². The topological polar surface area (TPSA) is 38.8 Å². The third kappa shape index (κ3) is 1.64. The summed E-state index contributed by atoms with van der Waals surface area (Å²) in [6.45, 7) is 4.59. The van der Waals surface area contributed by atoms with Gasteiger partial charge in [0.25, 0.3) is 11.7 Å². The average Bonchev–Trinajstić information content (AvgIpc) is 2.92. The second kappa shape index (κ2) is 4.35. The van der Waals surface area contributed by atoms with Crippen LogP contribution in [0.3, 0.4) is 0 Å². The van der Waals surface area contributed by atoms with Gasteiger partial charge in [-0.2, -0.15) is 0 Å². The van der Waals surface area contributed by atoms with Gasteiger partial charge in [0.15, 0.2) is 0 Å². The van der Waals surface area contributed by atoms with Crippen molar-refractivity contribution in [3.05, 3.63) is 27.7 Å². The molecule has 0 aliphatic carbocycles. The van der Waals surface area contributed by atoms with Crippen LogP contribution in [-0.2, 0) is 20.1 Å². The maximum atomic E-state index is 12.7. The zero-order valence-electron chi connectivity index (χ0n) is 10.6. The second-order valence-electron chi connectivity index (χ2n) is 4.84. The summed E-state index contributed by atoms with van der Waals surface area (Å²) in [6.07, 6.45) is 0. The number of rotatable bonds is 1. The van der Waals surface area contributed by atoms with Crippen molar-refractivity contribution in [2.24, 2.45) is 0 Å². The van der Waals surface area contributed by atoms with E-state index in [4.69, 9.17) is 32.7 Å². The van der Waals surface area contributed by atoms with Crippen molar-refractivity contribution < 1.29 is 14.3 Å². The maximum Gasteiger partial charge on any atom is 0.292 e. The fourth-order valence-electron chi connectivity index (χ4n) is 2.60. The summed E-state index contributed by atoms with van der Waals surface area (Å²) in [4.78, 5) is 14.3. The molecule has 1 aromatic rings. The Balaban J connectivity index is 2.27. The molecule has 102 valence electrons. The van der Waals surface area contributed by atoms with Crippen molar-refractivity contribution in [3.63, 3.8) is 0 Å². The van der Waals surface area contributed by atoms with E-state index in [0.717, 1.165) is 0 Å². The number of nitrogens with zero attached hydrogens (tertiary/aromatic N) is 1. The number of halogens is 2. The highest BCUT2D eigenvalue weighted by molar-refractivity contribution is 6.44. The summed E-state index contributed by atoms with van der Waals surface area (Å²) >= 11 is 12.3. The molecule has 0 aromatic heterocycles. The SMILES string of the molecule is CC(C)N1C(=O)C2(OCCO2)c2ccc(Cl)c(Cl)c21.